The number of primary amides is 1. The Labute approximate surface area is 168 Å². The van der Waals surface area contributed by atoms with E-state index in [-0.39, 0.29) is 23.7 Å². The Morgan fingerprint density at radius 1 is 1.28 bits per heavy atom. The maximum Gasteiger partial charge on any atom is 0.313 e. The number of nitrogens with two attached hydrogens (primary N) is 1. The largest absolute Gasteiger partial charge is 0.366 e. The first-order valence-electron chi connectivity index (χ1n) is 9.13. The van der Waals surface area contributed by atoms with Gasteiger partial charge in [-0.2, -0.15) is 0 Å². The molecule has 0 aliphatic carbocycles. The number of halogens is 1. The van der Waals surface area contributed by atoms with Crippen molar-refractivity contribution in [1.29, 1.82) is 0 Å². The Morgan fingerprint density at radius 2 is 1.97 bits per heavy atom. The number of aromatic nitrogens is 1. The molecule has 2 aromatic rings. The summed E-state index contributed by atoms with van der Waals surface area (Å²) in [6.07, 6.45) is 3.74. The van der Waals surface area contributed by atoms with Crippen LogP contribution < -0.4 is 11.1 Å². The van der Waals surface area contributed by atoms with Crippen LogP contribution in [0.2, 0.25) is 0 Å². The fraction of sp³-hybridized carbons (Fsp3) is 0.300. The second kappa shape index (κ2) is 8.02. The lowest BCUT2D eigenvalue weighted by molar-refractivity contribution is -0.148. The van der Waals surface area contributed by atoms with Crippen molar-refractivity contribution in [3.63, 3.8) is 0 Å². The number of piperidine rings is 1. The molecule has 0 unspecified atom stereocenters. The lowest BCUT2D eigenvalue weighted by Gasteiger charge is -2.47. The van der Waals surface area contributed by atoms with Gasteiger partial charge in [0, 0.05) is 18.2 Å². The molecule has 7 nitrogen and oxygen atoms in total. The van der Waals surface area contributed by atoms with Crippen LogP contribution in [0.25, 0.3) is 0 Å². The normalized spacial score (nSPS) is 21.4. The smallest absolute Gasteiger partial charge is 0.313 e. The maximum absolute atomic E-state index is 13.3. The van der Waals surface area contributed by atoms with Gasteiger partial charge in [-0.05, 0) is 42.5 Å². The van der Waals surface area contributed by atoms with E-state index in [0.29, 0.717) is 12.0 Å². The van der Waals surface area contributed by atoms with Gasteiger partial charge in [-0.3, -0.25) is 19.4 Å². The molecule has 148 valence electrons. The number of amides is 3. The standard InChI is InChI=1S/C20H20BFN4O3/c1-12-6-7-20(21,14-2-4-15(22)5-3-14)26(11-12)19(29)18(28)25-16-8-13(17(23)27)9-24-10-16/h2-5,8-10,12H,6-7,11H2,1H3,(H2,23,27)(H,25,28)/t12-,20+/m1/s1. The average Bonchev–Trinajstić information content (AvgIpc) is 2.70. The molecule has 0 bridgehead atoms. The van der Waals surface area contributed by atoms with Gasteiger partial charge in [0.25, 0.3) is 0 Å². The summed E-state index contributed by atoms with van der Waals surface area (Å²) in [4.78, 5) is 42.0. The zero-order chi connectivity index (χ0) is 21.2. The van der Waals surface area contributed by atoms with Crippen LogP contribution in [0.4, 0.5) is 10.1 Å². The number of carbonyl (C=O) groups is 3. The summed E-state index contributed by atoms with van der Waals surface area (Å²) in [6.45, 7) is 2.24. The van der Waals surface area contributed by atoms with E-state index in [9.17, 15) is 18.8 Å². The summed E-state index contributed by atoms with van der Waals surface area (Å²) in [6, 6.07) is 6.90. The predicted molar refractivity (Wildman–Crippen MR) is 105 cm³/mol. The minimum atomic E-state index is -1.23. The third-order valence-electron chi connectivity index (χ3n) is 5.06. The first-order chi connectivity index (χ1) is 13.7. The van der Waals surface area contributed by atoms with Gasteiger partial charge in [0.1, 0.15) is 13.7 Å². The van der Waals surface area contributed by atoms with Crippen LogP contribution in [0.5, 0.6) is 0 Å². The quantitative estimate of drug-likeness (QED) is 0.609. The van der Waals surface area contributed by atoms with Crippen LogP contribution in [0, 0.1) is 11.7 Å². The van der Waals surface area contributed by atoms with Gasteiger partial charge in [-0.25, -0.2) is 4.39 Å². The molecule has 1 fully saturated rings. The summed E-state index contributed by atoms with van der Waals surface area (Å²) in [7, 11) is 6.56. The Morgan fingerprint density at radius 3 is 2.62 bits per heavy atom. The molecule has 2 atom stereocenters. The molecule has 0 spiro atoms. The number of nitrogens with zero attached hydrogens (tertiary/aromatic N) is 2. The second-order valence-corrected chi connectivity index (χ2v) is 7.27. The summed E-state index contributed by atoms with van der Waals surface area (Å²) < 4.78 is 13.3. The van der Waals surface area contributed by atoms with Crippen molar-refractivity contribution in [3.8, 4) is 0 Å². The molecule has 3 N–H and O–H groups in total. The minimum absolute atomic E-state index is 0.0985. The van der Waals surface area contributed by atoms with Gasteiger partial charge in [-0.15, -0.1) is 0 Å². The number of nitrogens with one attached hydrogen (secondary N) is 1. The number of likely N-dealkylation sites (tertiary alicyclic amines) is 1. The number of carbonyl (C=O) groups excluding carboxylic acids is 3. The molecule has 0 saturated carbocycles. The molecule has 3 amide bonds. The molecule has 2 radical (unpaired) electrons. The van der Waals surface area contributed by atoms with E-state index in [2.05, 4.69) is 10.3 Å². The molecule has 1 aromatic carbocycles. The molecular weight excluding hydrogens is 374 g/mol. The van der Waals surface area contributed by atoms with E-state index in [0.717, 1.165) is 6.42 Å². The molecule has 1 saturated heterocycles. The van der Waals surface area contributed by atoms with E-state index >= 15 is 0 Å². The number of hydrogen-bond acceptors (Lipinski definition) is 4. The number of anilines is 1. The molecular formula is C20H20BFN4O3. The van der Waals surface area contributed by atoms with Crippen LogP contribution in [-0.2, 0) is 15.0 Å². The number of benzene rings is 1. The predicted octanol–water partition coefficient (Wildman–Crippen LogP) is 1.54. The van der Waals surface area contributed by atoms with Crippen molar-refractivity contribution in [1.82, 2.24) is 9.88 Å². The molecule has 3 rings (SSSR count). The van der Waals surface area contributed by atoms with E-state index in [1.54, 1.807) is 0 Å². The van der Waals surface area contributed by atoms with Crippen LogP contribution in [0.15, 0.2) is 42.7 Å². The van der Waals surface area contributed by atoms with Gasteiger partial charge in [0.15, 0.2) is 0 Å². The fourth-order valence-electron chi connectivity index (χ4n) is 3.42. The summed E-state index contributed by atoms with van der Waals surface area (Å²) in [5.74, 6) is -2.72. The number of rotatable bonds is 3. The molecule has 1 aliphatic heterocycles. The fourth-order valence-corrected chi connectivity index (χ4v) is 3.42. The molecule has 9 heteroatoms. The summed E-state index contributed by atoms with van der Waals surface area (Å²) >= 11 is 0. The first-order valence-corrected chi connectivity index (χ1v) is 9.13. The highest BCUT2D eigenvalue weighted by Crippen LogP contribution is 2.37. The van der Waals surface area contributed by atoms with Crippen LogP contribution in [0.3, 0.4) is 0 Å². The average molecular weight is 394 g/mol. The Kier molecular flexibility index (Phi) is 5.67. The topological polar surface area (TPSA) is 105 Å². The van der Waals surface area contributed by atoms with E-state index < -0.39 is 29.0 Å². The molecule has 2 heterocycles. The Bertz CT molecular complexity index is 953. The monoisotopic (exact) mass is 394 g/mol. The zero-order valence-corrected chi connectivity index (χ0v) is 15.9. The van der Waals surface area contributed by atoms with Crippen molar-refractivity contribution in [2.24, 2.45) is 11.7 Å². The number of pyridine rings is 1. The van der Waals surface area contributed by atoms with Gasteiger partial charge in [0.2, 0.25) is 5.91 Å². The second-order valence-electron chi connectivity index (χ2n) is 7.27. The summed E-state index contributed by atoms with van der Waals surface area (Å²) in [5, 5.41) is 2.43. The van der Waals surface area contributed by atoms with Gasteiger partial charge in [-0.1, -0.05) is 19.1 Å². The van der Waals surface area contributed by atoms with E-state index in [1.807, 2.05) is 6.92 Å². The molecule has 29 heavy (non-hydrogen) atoms. The zero-order valence-electron chi connectivity index (χ0n) is 15.9. The highest BCUT2D eigenvalue weighted by Gasteiger charge is 2.42. The van der Waals surface area contributed by atoms with Crippen molar-refractivity contribution in [3.05, 3.63) is 59.7 Å². The van der Waals surface area contributed by atoms with E-state index in [4.69, 9.17) is 13.6 Å². The van der Waals surface area contributed by atoms with Crippen LogP contribution in [-0.4, -0.2) is 42.0 Å². The minimum Gasteiger partial charge on any atom is -0.366 e. The van der Waals surface area contributed by atoms with Crippen LogP contribution in [0.1, 0.15) is 35.7 Å². The van der Waals surface area contributed by atoms with Crippen molar-refractivity contribution < 1.29 is 18.8 Å². The van der Waals surface area contributed by atoms with Crippen LogP contribution >= 0.6 is 0 Å². The highest BCUT2D eigenvalue weighted by molar-refractivity contribution is 6.40. The lowest BCUT2D eigenvalue weighted by atomic mass is 9.64. The van der Waals surface area contributed by atoms with Crippen molar-refractivity contribution in [2.45, 2.75) is 25.2 Å². The maximum atomic E-state index is 13.3. The van der Waals surface area contributed by atoms with Gasteiger partial charge < -0.3 is 16.0 Å². The van der Waals surface area contributed by atoms with Gasteiger partial charge >= 0.3 is 11.8 Å². The van der Waals surface area contributed by atoms with E-state index in [1.165, 1.54) is 47.6 Å². The third-order valence-corrected chi connectivity index (χ3v) is 5.06. The van der Waals surface area contributed by atoms with Gasteiger partial charge in [0.05, 0.1) is 17.4 Å². The lowest BCUT2D eigenvalue weighted by Crippen LogP contribution is -2.57. The molecule has 1 aromatic heterocycles. The van der Waals surface area contributed by atoms with Crippen molar-refractivity contribution >= 4 is 31.3 Å². The number of hydrogen-bond donors (Lipinski definition) is 2. The Hall–Kier alpha value is -3.23. The highest BCUT2D eigenvalue weighted by atomic mass is 19.1. The van der Waals surface area contributed by atoms with Crippen molar-refractivity contribution in [2.75, 3.05) is 11.9 Å². The molecule has 1 aliphatic rings. The summed E-state index contributed by atoms with van der Waals surface area (Å²) in [5.41, 5.74) is 4.78. The SMILES string of the molecule is [B][C@@]1(c2ccc(F)cc2)CC[C@@H](C)CN1C(=O)C(=O)Nc1cncc(C(N)=O)c1. The third kappa shape index (κ3) is 4.28. The first kappa shape index (κ1) is 20.5. The Balaban J connectivity index is 1.85.